The van der Waals surface area contributed by atoms with Gasteiger partial charge in [0.1, 0.15) is 5.75 Å². The molecule has 0 atom stereocenters. The molecule has 35 heavy (non-hydrogen) atoms. The second kappa shape index (κ2) is 15.4. The topological polar surface area (TPSA) is 52.1 Å². The van der Waals surface area contributed by atoms with Crippen LogP contribution < -0.4 is 4.74 Å². The highest BCUT2D eigenvalue weighted by Crippen LogP contribution is 2.30. The minimum Gasteiger partial charge on any atom is -0.426 e. The van der Waals surface area contributed by atoms with Gasteiger partial charge in [-0.05, 0) is 75.3 Å². The summed E-state index contributed by atoms with van der Waals surface area (Å²) in [5.74, 6) is 7.78. The van der Waals surface area contributed by atoms with Gasteiger partial charge >= 0.3 is 5.97 Å². The van der Waals surface area contributed by atoms with Crippen LogP contribution in [0.2, 0.25) is 0 Å². The number of ether oxygens (including phenoxy) is 1. The summed E-state index contributed by atoms with van der Waals surface area (Å²) in [6.07, 6.45) is 20.6. The second-order valence-corrected chi connectivity index (χ2v) is 9.88. The van der Waals surface area contributed by atoms with E-state index in [0.29, 0.717) is 17.5 Å². The molecule has 1 aromatic carbocycles. The minimum absolute atomic E-state index is 0.0220. The molecule has 1 aromatic heterocycles. The molecule has 0 aliphatic heterocycles. The third-order valence-electron chi connectivity index (χ3n) is 7.01. The molecule has 0 radical (unpaired) electrons. The predicted octanol–water partition coefficient (Wildman–Crippen LogP) is 7.95. The highest BCUT2D eigenvalue weighted by Gasteiger charge is 2.27. The average molecular weight is 475 g/mol. The van der Waals surface area contributed by atoms with Crippen LogP contribution in [0.25, 0.3) is 11.4 Å². The van der Waals surface area contributed by atoms with Crippen LogP contribution in [-0.4, -0.2) is 15.9 Å². The Morgan fingerprint density at radius 3 is 2.09 bits per heavy atom. The fraction of sp³-hybridized carbons (Fsp3) is 0.581. The predicted molar refractivity (Wildman–Crippen MR) is 143 cm³/mol. The quantitative estimate of drug-likeness (QED) is 0.128. The van der Waals surface area contributed by atoms with Crippen molar-refractivity contribution in [3.05, 3.63) is 42.2 Å². The number of carbonyl (C=O) groups is 1. The molecule has 0 amide bonds. The minimum atomic E-state index is -0.127. The molecule has 0 N–H and O–H groups in total. The van der Waals surface area contributed by atoms with E-state index in [1.807, 2.05) is 43.6 Å². The fourth-order valence-electron chi connectivity index (χ4n) is 4.82. The zero-order chi connectivity index (χ0) is 24.7. The van der Waals surface area contributed by atoms with Crippen molar-refractivity contribution in [1.82, 2.24) is 9.97 Å². The van der Waals surface area contributed by atoms with Gasteiger partial charge in [0.15, 0.2) is 5.82 Å². The summed E-state index contributed by atoms with van der Waals surface area (Å²) in [6, 6.07) is 7.51. The Morgan fingerprint density at radius 1 is 0.886 bits per heavy atom. The highest BCUT2D eigenvalue weighted by atomic mass is 16.5. The number of nitrogens with zero attached hydrogens (tertiary/aromatic N) is 2. The van der Waals surface area contributed by atoms with E-state index in [2.05, 4.69) is 28.7 Å². The summed E-state index contributed by atoms with van der Waals surface area (Å²) in [5.41, 5.74) is 2.12. The molecule has 1 saturated carbocycles. The summed E-state index contributed by atoms with van der Waals surface area (Å²) in [5, 5.41) is 0. The van der Waals surface area contributed by atoms with E-state index in [1.165, 1.54) is 63.4 Å². The molecular weight excluding hydrogens is 432 g/mol. The molecule has 4 nitrogen and oxygen atoms in total. The summed E-state index contributed by atoms with van der Waals surface area (Å²) in [7, 11) is 0. The Hall–Kier alpha value is -2.67. The SMILES string of the molecule is CC#CC1CCC(C(=O)Oc2ccc(-c3ncc(CCCCCCCCCCC)cn3)cc2)CC1. The molecule has 1 heterocycles. The Bertz CT molecular complexity index is 933. The maximum Gasteiger partial charge on any atom is 0.314 e. The van der Waals surface area contributed by atoms with Crippen molar-refractivity contribution in [3.63, 3.8) is 0 Å². The van der Waals surface area contributed by atoms with E-state index in [9.17, 15) is 4.79 Å². The van der Waals surface area contributed by atoms with Crippen molar-refractivity contribution in [2.75, 3.05) is 0 Å². The number of carbonyl (C=O) groups excluding carboxylic acids is 1. The zero-order valence-electron chi connectivity index (χ0n) is 21.7. The van der Waals surface area contributed by atoms with Crippen molar-refractivity contribution in [3.8, 4) is 29.0 Å². The standard InChI is InChI=1S/C31H42N2O2/c1-3-5-6-7-8-9-10-11-12-14-26-23-32-30(33-24-26)27-19-21-29(22-20-27)35-31(34)28-17-15-25(13-4-2)16-18-28/h19-25,28H,3,5-12,14-18H2,1-2H3. The van der Waals surface area contributed by atoms with Crippen LogP contribution in [-0.2, 0) is 11.2 Å². The lowest BCUT2D eigenvalue weighted by atomic mass is 9.82. The summed E-state index contributed by atoms with van der Waals surface area (Å²) in [4.78, 5) is 21.7. The van der Waals surface area contributed by atoms with Gasteiger partial charge in [-0.15, -0.1) is 11.8 Å². The van der Waals surface area contributed by atoms with Gasteiger partial charge in [0.25, 0.3) is 0 Å². The maximum absolute atomic E-state index is 12.5. The van der Waals surface area contributed by atoms with Crippen molar-refractivity contribution in [2.45, 2.75) is 104 Å². The molecule has 0 unspecified atom stereocenters. The normalized spacial score (nSPS) is 17.4. The molecule has 1 aliphatic carbocycles. The maximum atomic E-state index is 12.5. The number of benzene rings is 1. The molecule has 188 valence electrons. The van der Waals surface area contributed by atoms with E-state index in [4.69, 9.17) is 4.74 Å². The lowest BCUT2D eigenvalue weighted by Crippen LogP contribution is -2.25. The van der Waals surface area contributed by atoms with Gasteiger partial charge in [-0.1, -0.05) is 58.3 Å². The molecule has 1 aliphatic rings. The molecule has 4 heteroatoms. The first-order valence-electron chi connectivity index (χ1n) is 13.7. The summed E-state index contributed by atoms with van der Waals surface area (Å²) in [6.45, 7) is 4.14. The molecule has 0 spiro atoms. The van der Waals surface area contributed by atoms with Crippen molar-refractivity contribution in [2.24, 2.45) is 11.8 Å². The zero-order valence-corrected chi connectivity index (χ0v) is 21.7. The molecule has 1 fully saturated rings. The number of aromatic nitrogens is 2. The first-order chi connectivity index (χ1) is 17.2. The smallest absolute Gasteiger partial charge is 0.314 e. The van der Waals surface area contributed by atoms with E-state index in [0.717, 1.165) is 37.7 Å². The second-order valence-electron chi connectivity index (χ2n) is 9.88. The van der Waals surface area contributed by atoms with Gasteiger partial charge in [-0.3, -0.25) is 4.79 Å². The third kappa shape index (κ3) is 9.48. The number of rotatable bonds is 13. The number of esters is 1. The van der Waals surface area contributed by atoms with Gasteiger partial charge in [-0.25, -0.2) is 9.97 Å². The van der Waals surface area contributed by atoms with Crippen LogP contribution in [0, 0.1) is 23.7 Å². The Kier molecular flexibility index (Phi) is 11.8. The summed E-state index contributed by atoms with van der Waals surface area (Å²) >= 11 is 0. The van der Waals surface area contributed by atoms with Crippen LogP contribution >= 0.6 is 0 Å². The summed E-state index contributed by atoms with van der Waals surface area (Å²) < 4.78 is 5.64. The van der Waals surface area contributed by atoms with Crippen LogP contribution in [0.15, 0.2) is 36.7 Å². The first-order valence-corrected chi connectivity index (χ1v) is 13.7. The average Bonchev–Trinajstić information content (AvgIpc) is 2.89. The molecular formula is C31H42N2O2. The first kappa shape index (κ1) is 26.9. The van der Waals surface area contributed by atoms with Crippen LogP contribution in [0.1, 0.15) is 103 Å². The van der Waals surface area contributed by atoms with Gasteiger partial charge in [0.2, 0.25) is 0 Å². The Morgan fingerprint density at radius 2 is 1.49 bits per heavy atom. The van der Waals surface area contributed by atoms with Gasteiger partial charge in [0, 0.05) is 23.9 Å². The lowest BCUT2D eigenvalue weighted by molar-refractivity contribution is -0.140. The van der Waals surface area contributed by atoms with Gasteiger partial charge < -0.3 is 4.74 Å². The molecule has 3 rings (SSSR count). The van der Waals surface area contributed by atoms with E-state index < -0.39 is 0 Å². The largest absolute Gasteiger partial charge is 0.426 e. The lowest BCUT2D eigenvalue weighted by Gasteiger charge is -2.24. The fourth-order valence-corrected chi connectivity index (χ4v) is 4.82. The van der Waals surface area contributed by atoms with Gasteiger partial charge in [-0.2, -0.15) is 0 Å². The molecule has 0 saturated heterocycles. The Balaban J connectivity index is 1.37. The Labute approximate surface area is 212 Å². The highest BCUT2D eigenvalue weighted by molar-refractivity contribution is 5.75. The van der Waals surface area contributed by atoms with E-state index in [1.54, 1.807) is 0 Å². The van der Waals surface area contributed by atoms with Crippen LogP contribution in [0.4, 0.5) is 0 Å². The molecule has 2 aromatic rings. The van der Waals surface area contributed by atoms with Crippen molar-refractivity contribution in [1.29, 1.82) is 0 Å². The van der Waals surface area contributed by atoms with E-state index in [-0.39, 0.29) is 11.9 Å². The third-order valence-corrected chi connectivity index (χ3v) is 7.01. The number of hydrogen-bond acceptors (Lipinski definition) is 4. The monoisotopic (exact) mass is 474 g/mol. The van der Waals surface area contributed by atoms with Crippen LogP contribution in [0.5, 0.6) is 5.75 Å². The van der Waals surface area contributed by atoms with Crippen LogP contribution in [0.3, 0.4) is 0 Å². The number of aryl methyl sites for hydroxylation is 1. The van der Waals surface area contributed by atoms with Crippen molar-refractivity contribution >= 4 is 5.97 Å². The van der Waals surface area contributed by atoms with E-state index >= 15 is 0 Å². The number of unbranched alkanes of at least 4 members (excludes halogenated alkanes) is 8. The number of hydrogen-bond donors (Lipinski definition) is 0. The van der Waals surface area contributed by atoms with Crippen molar-refractivity contribution < 1.29 is 9.53 Å². The van der Waals surface area contributed by atoms with Gasteiger partial charge in [0.05, 0.1) is 5.92 Å². The molecule has 0 bridgehead atoms.